The van der Waals surface area contributed by atoms with Crippen LogP contribution in [-0.2, 0) is 19.1 Å². The molecule has 1 aromatic carbocycles. The molecule has 1 aliphatic heterocycles. The van der Waals surface area contributed by atoms with Crippen LogP contribution < -0.4 is 5.32 Å². The molecule has 0 saturated heterocycles. The molecule has 0 radical (unpaired) electrons. The zero-order chi connectivity index (χ0) is 20.9. The molecule has 1 heterocycles. The summed E-state index contributed by atoms with van der Waals surface area (Å²) in [6.07, 6.45) is -0.747. The second-order valence-corrected chi connectivity index (χ2v) is 7.05. The van der Waals surface area contributed by atoms with Gasteiger partial charge in [-0.3, -0.25) is 9.59 Å². The molecule has 28 heavy (non-hydrogen) atoms. The van der Waals surface area contributed by atoms with Gasteiger partial charge in [0, 0.05) is 19.6 Å². The number of nitrogens with one attached hydrogen (secondary N) is 1. The third-order valence-corrected chi connectivity index (χ3v) is 3.67. The minimum absolute atomic E-state index is 0.0785. The van der Waals surface area contributed by atoms with E-state index in [2.05, 4.69) is 5.32 Å². The quantitative estimate of drug-likeness (QED) is 0.558. The van der Waals surface area contributed by atoms with E-state index in [9.17, 15) is 19.2 Å². The number of carbonyl (C=O) groups excluding carboxylic acids is 4. The van der Waals surface area contributed by atoms with Crippen molar-refractivity contribution < 1.29 is 33.5 Å². The molecular weight excluding hydrogens is 368 g/mol. The minimum Gasteiger partial charge on any atom is -0.444 e. The second-order valence-electron chi connectivity index (χ2n) is 7.05. The first-order valence-corrected chi connectivity index (χ1v) is 8.91. The van der Waals surface area contributed by atoms with Crippen LogP contribution in [-0.4, -0.2) is 53.8 Å². The smallest absolute Gasteiger partial charge is 0.408 e. The van der Waals surface area contributed by atoms with Gasteiger partial charge in [-0.1, -0.05) is 17.2 Å². The van der Waals surface area contributed by atoms with Crippen molar-refractivity contribution in [3.8, 4) is 0 Å². The van der Waals surface area contributed by atoms with Crippen molar-refractivity contribution in [1.29, 1.82) is 0 Å². The van der Waals surface area contributed by atoms with Gasteiger partial charge in [0.25, 0.3) is 11.8 Å². The van der Waals surface area contributed by atoms with Crippen LogP contribution in [0.2, 0.25) is 0 Å². The Morgan fingerprint density at radius 1 is 1.11 bits per heavy atom. The lowest BCUT2D eigenvalue weighted by Crippen LogP contribution is -2.47. The van der Waals surface area contributed by atoms with Gasteiger partial charge in [0.15, 0.2) is 0 Å². The van der Waals surface area contributed by atoms with Crippen LogP contribution >= 0.6 is 0 Å². The highest BCUT2D eigenvalue weighted by atomic mass is 16.7. The Morgan fingerprint density at radius 3 is 2.18 bits per heavy atom. The fourth-order valence-corrected chi connectivity index (χ4v) is 2.45. The summed E-state index contributed by atoms with van der Waals surface area (Å²) >= 11 is 0. The fraction of sp³-hybridized carbons (Fsp3) is 0.474. The molecule has 2 rings (SSSR count). The van der Waals surface area contributed by atoms with E-state index >= 15 is 0 Å². The number of carbonyl (C=O) groups is 4. The Hall–Kier alpha value is -2.94. The number of amides is 3. The number of imide groups is 1. The minimum atomic E-state index is -1.16. The summed E-state index contributed by atoms with van der Waals surface area (Å²) in [5.41, 5.74) is -0.474. The number of alkyl carbamates (subject to hydrolysis) is 1. The summed E-state index contributed by atoms with van der Waals surface area (Å²) in [7, 11) is 0. The molecule has 1 N–H and O–H groups in total. The maximum Gasteiger partial charge on any atom is 0.408 e. The van der Waals surface area contributed by atoms with E-state index in [1.165, 1.54) is 12.1 Å². The Morgan fingerprint density at radius 2 is 1.68 bits per heavy atom. The molecule has 1 unspecified atom stereocenters. The van der Waals surface area contributed by atoms with E-state index in [1.807, 2.05) is 0 Å². The largest absolute Gasteiger partial charge is 0.444 e. The number of ether oxygens (including phenoxy) is 2. The highest BCUT2D eigenvalue weighted by Gasteiger charge is 2.40. The number of hydrogen-bond donors (Lipinski definition) is 1. The molecule has 9 heteroatoms. The molecular formula is C19H24N2O7. The van der Waals surface area contributed by atoms with E-state index < -0.39 is 35.5 Å². The third kappa shape index (κ3) is 5.29. The lowest BCUT2D eigenvalue weighted by Gasteiger charge is -2.23. The van der Waals surface area contributed by atoms with Gasteiger partial charge in [-0.15, -0.1) is 0 Å². The molecule has 1 aromatic rings. The molecule has 0 spiro atoms. The van der Waals surface area contributed by atoms with Crippen LogP contribution in [0.25, 0.3) is 0 Å². The van der Waals surface area contributed by atoms with Gasteiger partial charge in [-0.25, -0.2) is 9.59 Å². The zero-order valence-corrected chi connectivity index (χ0v) is 16.3. The summed E-state index contributed by atoms with van der Waals surface area (Å²) in [6.45, 7) is 7.41. The van der Waals surface area contributed by atoms with Gasteiger partial charge >= 0.3 is 12.1 Å². The van der Waals surface area contributed by atoms with E-state index in [-0.39, 0.29) is 24.2 Å². The zero-order valence-electron chi connectivity index (χ0n) is 16.3. The monoisotopic (exact) mass is 392 g/mol. The summed E-state index contributed by atoms with van der Waals surface area (Å²) in [6, 6.07) is 4.98. The molecule has 0 saturated carbocycles. The van der Waals surface area contributed by atoms with Gasteiger partial charge in [0.05, 0.1) is 11.1 Å². The number of fused-ring (bicyclic) bond motifs is 1. The molecule has 1 atom stereocenters. The Balaban J connectivity index is 2.08. The van der Waals surface area contributed by atoms with Crippen LogP contribution in [0, 0.1) is 0 Å². The number of hydroxylamine groups is 2. The van der Waals surface area contributed by atoms with E-state index in [0.717, 1.165) is 0 Å². The maximum atomic E-state index is 12.5. The van der Waals surface area contributed by atoms with Gasteiger partial charge in [0.1, 0.15) is 11.6 Å². The summed E-state index contributed by atoms with van der Waals surface area (Å²) in [5.74, 6) is -2.45. The molecule has 1 aliphatic rings. The van der Waals surface area contributed by atoms with E-state index in [1.54, 1.807) is 39.8 Å². The standard InChI is InChI=1S/C19H24N2O7/c1-5-26-11-10-14(20-18(25)27-19(2,3)4)17(24)28-21-15(22)12-8-6-7-9-13(12)16(21)23/h6-9,14H,5,10-11H2,1-4H3,(H,20,25). The highest BCUT2D eigenvalue weighted by Crippen LogP contribution is 2.23. The van der Waals surface area contributed by atoms with Crippen LogP contribution in [0.5, 0.6) is 0 Å². The Labute approximate surface area is 162 Å². The van der Waals surface area contributed by atoms with Crippen molar-refractivity contribution in [3.05, 3.63) is 35.4 Å². The summed E-state index contributed by atoms with van der Waals surface area (Å²) < 4.78 is 10.4. The molecule has 152 valence electrons. The SMILES string of the molecule is CCOCCC(NC(=O)OC(C)(C)C)C(=O)ON1C(=O)c2ccccc2C1=O. The fourth-order valence-electron chi connectivity index (χ4n) is 2.45. The van der Waals surface area contributed by atoms with Crippen molar-refractivity contribution >= 4 is 23.9 Å². The number of benzene rings is 1. The first-order valence-electron chi connectivity index (χ1n) is 8.91. The normalized spacial score (nSPS) is 14.5. The molecule has 0 aliphatic carbocycles. The van der Waals surface area contributed by atoms with Crippen molar-refractivity contribution in [1.82, 2.24) is 10.4 Å². The van der Waals surface area contributed by atoms with E-state index in [4.69, 9.17) is 14.3 Å². The van der Waals surface area contributed by atoms with Crippen LogP contribution in [0.4, 0.5) is 4.79 Å². The van der Waals surface area contributed by atoms with Gasteiger partial charge < -0.3 is 19.6 Å². The highest BCUT2D eigenvalue weighted by molar-refractivity contribution is 6.20. The first-order chi connectivity index (χ1) is 13.1. The molecule has 9 nitrogen and oxygen atoms in total. The lowest BCUT2D eigenvalue weighted by molar-refractivity contribution is -0.171. The lowest BCUT2D eigenvalue weighted by atomic mass is 10.1. The van der Waals surface area contributed by atoms with Gasteiger partial charge in [-0.05, 0) is 39.8 Å². The van der Waals surface area contributed by atoms with Crippen molar-refractivity contribution in [2.75, 3.05) is 13.2 Å². The van der Waals surface area contributed by atoms with Gasteiger partial charge in [0.2, 0.25) is 0 Å². The Kier molecular flexibility index (Phi) is 6.74. The van der Waals surface area contributed by atoms with Crippen molar-refractivity contribution in [2.45, 2.75) is 45.8 Å². The third-order valence-electron chi connectivity index (χ3n) is 3.67. The first kappa shape index (κ1) is 21.4. The maximum absolute atomic E-state index is 12.5. The summed E-state index contributed by atoms with van der Waals surface area (Å²) in [5, 5.41) is 2.79. The Bertz CT molecular complexity index is 735. The predicted octanol–water partition coefficient (Wildman–Crippen LogP) is 2.06. The second kappa shape index (κ2) is 8.83. The van der Waals surface area contributed by atoms with Crippen LogP contribution in [0.1, 0.15) is 54.8 Å². The van der Waals surface area contributed by atoms with E-state index in [0.29, 0.717) is 11.7 Å². The average molecular weight is 392 g/mol. The molecule has 0 aromatic heterocycles. The topological polar surface area (TPSA) is 111 Å². The average Bonchev–Trinajstić information content (AvgIpc) is 2.85. The number of nitrogens with zero attached hydrogens (tertiary/aromatic N) is 1. The molecule has 0 fully saturated rings. The number of hydrogen-bond acceptors (Lipinski definition) is 7. The van der Waals surface area contributed by atoms with Crippen molar-refractivity contribution in [3.63, 3.8) is 0 Å². The van der Waals surface area contributed by atoms with Crippen LogP contribution in [0.3, 0.4) is 0 Å². The summed E-state index contributed by atoms with van der Waals surface area (Å²) in [4.78, 5) is 54.2. The predicted molar refractivity (Wildman–Crippen MR) is 97.3 cm³/mol. The van der Waals surface area contributed by atoms with Crippen molar-refractivity contribution in [2.24, 2.45) is 0 Å². The van der Waals surface area contributed by atoms with Crippen LogP contribution in [0.15, 0.2) is 24.3 Å². The number of rotatable bonds is 7. The van der Waals surface area contributed by atoms with Gasteiger partial charge in [-0.2, -0.15) is 0 Å². The molecule has 3 amide bonds. The molecule has 0 bridgehead atoms.